The lowest BCUT2D eigenvalue weighted by Gasteiger charge is -2.27. The zero-order valence-corrected chi connectivity index (χ0v) is 9.74. The molecule has 0 aromatic carbocycles. The molecule has 1 aliphatic carbocycles. The van der Waals surface area contributed by atoms with Gasteiger partial charge in [0.2, 0.25) is 5.91 Å². The van der Waals surface area contributed by atoms with Gasteiger partial charge in [-0.25, -0.2) is 0 Å². The molecule has 2 atom stereocenters. The number of hydrogen-bond donors (Lipinski definition) is 0. The summed E-state index contributed by atoms with van der Waals surface area (Å²) in [5.41, 5.74) is 0.180. The van der Waals surface area contributed by atoms with E-state index in [-0.39, 0.29) is 17.7 Å². The molecule has 0 aromatic rings. The van der Waals surface area contributed by atoms with Gasteiger partial charge >= 0.3 is 0 Å². The van der Waals surface area contributed by atoms with Crippen LogP contribution in [0.4, 0.5) is 0 Å². The lowest BCUT2D eigenvalue weighted by molar-refractivity contribution is -0.129. The van der Waals surface area contributed by atoms with Gasteiger partial charge in [0.05, 0.1) is 12.7 Å². The van der Waals surface area contributed by atoms with Gasteiger partial charge in [0.25, 0.3) is 0 Å². The summed E-state index contributed by atoms with van der Waals surface area (Å²) < 4.78 is 5.32. The van der Waals surface area contributed by atoms with Crippen molar-refractivity contribution >= 4 is 5.91 Å². The van der Waals surface area contributed by atoms with Crippen molar-refractivity contribution in [1.29, 1.82) is 5.26 Å². The standard InChI is InChI=1S/C12H18N2O2/c1-16-9-12-5-2-3-10(12)7-14(8-12)11(15)4-6-13/h10H,2-5,7-9H2,1H3/t10-,12-/m1/s1. The zero-order chi connectivity index (χ0) is 11.6. The first kappa shape index (κ1) is 11.4. The molecule has 0 unspecified atom stereocenters. The highest BCUT2D eigenvalue weighted by Gasteiger charge is 2.50. The van der Waals surface area contributed by atoms with E-state index in [4.69, 9.17) is 10.00 Å². The van der Waals surface area contributed by atoms with E-state index in [9.17, 15) is 4.79 Å². The van der Waals surface area contributed by atoms with Crippen molar-refractivity contribution in [2.24, 2.45) is 11.3 Å². The highest BCUT2D eigenvalue weighted by molar-refractivity contribution is 5.78. The summed E-state index contributed by atoms with van der Waals surface area (Å²) in [6, 6.07) is 1.93. The van der Waals surface area contributed by atoms with Crippen LogP contribution >= 0.6 is 0 Å². The third-order valence-electron chi connectivity index (χ3n) is 4.05. The highest BCUT2D eigenvalue weighted by Crippen LogP contribution is 2.48. The average Bonchev–Trinajstić information content (AvgIpc) is 2.74. The number of rotatable bonds is 3. The van der Waals surface area contributed by atoms with Crippen LogP contribution in [0.25, 0.3) is 0 Å². The molecule has 88 valence electrons. The second kappa shape index (κ2) is 4.42. The molecule has 2 fully saturated rings. The van der Waals surface area contributed by atoms with Crippen molar-refractivity contribution in [2.45, 2.75) is 25.7 Å². The molecule has 0 radical (unpaired) electrons. The van der Waals surface area contributed by atoms with Gasteiger partial charge in [0.15, 0.2) is 0 Å². The Bertz CT molecular complexity index is 323. The number of ether oxygens (including phenoxy) is 1. The lowest BCUT2D eigenvalue weighted by atomic mass is 9.82. The largest absolute Gasteiger partial charge is 0.384 e. The number of methoxy groups -OCH3 is 1. The molecule has 0 aromatic heterocycles. The van der Waals surface area contributed by atoms with E-state index in [1.807, 2.05) is 11.0 Å². The number of carbonyl (C=O) groups is 1. The molecule has 16 heavy (non-hydrogen) atoms. The van der Waals surface area contributed by atoms with Crippen LogP contribution in [0.2, 0.25) is 0 Å². The van der Waals surface area contributed by atoms with Gasteiger partial charge in [-0.2, -0.15) is 5.26 Å². The predicted octanol–water partition coefficient (Wildman–Crippen LogP) is 1.18. The lowest BCUT2D eigenvalue weighted by Crippen LogP contribution is -2.34. The molecule has 4 nitrogen and oxygen atoms in total. The molecule has 1 saturated carbocycles. The van der Waals surface area contributed by atoms with Crippen molar-refractivity contribution in [3.05, 3.63) is 0 Å². The van der Waals surface area contributed by atoms with Gasteiger partial charge in [-0.1, -0.05) is 6.42 Å². The molecule has 2 aliphatic rings. The van der Waals surface area contributed by atoms with E-state index in [1.54, 1.807) is 7.11 Å². The van der Waals surface area contributed by atoms with Crippen LogP contribution in [-0.2, 0) is 9.53 Å². The van der Waals surface area contributed by atoms with Gasteiger partial charge in [0, 0.05) is 25.6 Å². The normalized spacial score (nSPS) is 32.5. The summed E-state index contributed by atoms with van der Waals surface area (Å²) in [6.45, 7) is 2.35. The smallest absolute Gasteiger partial charge is 0.236 e. The minimum atomic E-state index is -0.0209. The number of amides is 1. The number of nitriles is 1. The molecule has 2 rings (SSSR count). The van der Waals surface area contributed by atoms with Crippen molar-refractivity contribution < 1.29 is 9.53 Å². The topological polar surface area (TPSA) is 53.3 Å². The van der Waals surface area contributed by atoms with E-state index in [2.05, 4.69) is 0 Å². The first-order valence-corrected chi connectivity index (χ1v) is 5.85. The summed E-state index contributed by atoms with van der Waals surface area (Å²) in [7, 11) is 1.73. The van der Waals surface area contributed by atoms with E-state index < -0.39 is 0 Å². The molecule has 4 heteroatoms. The fourth-order valence-corrected chi connectivity index (χ4v) is 3.31. The molecule has 0 N–H and O–H groups in total. The first-order valence-electron chi connectivity index (χ1n) is 5.85. The quantitative estimate of drug-likeness (QED) is 0.720. The van der Waals surface area contributed by atoms with E-state index in [1.165, 1.54) is 12.8 Å². The van der Waals surface area contributed by atoms with Crippen LogP contribution < -0.4 is 0 Å². The molecular formula is C12H18N2O2. The minimum absolute atomic E-state index is 0.00970. The Morgan fingerprint density at radius 1 is 1.69 bits per heavy atom. The SMILES string of the molecule is COC[C@]12CCC[C@@H]1CN(C(=O)CC#N)C2. The molecule has 1 heterocycles. The average molecular weight is 222 g/mol. The summed E-state index contributed by atoms with van der Waals surface area (Å²) in [6.07, 6.45) is 3.60. The van der Waals surface area contributed by atoms with Crippen LogP contribution in [0.5, 0.6) is 0 Å². The second-order valence-electron chi connectivity index (χ2n) is 4.99. The molecule has 1 saturated heterocycles. The molecular weight excluding hydrogens is 204 g/mol. The van der Waals surface area contributed by atoms with Gasteiger partial charge < -0.3 is 9.64 Å². The van der Waals surface area contributed by atoms with Crippen LogP contribution in [0.1, 0.15) is 25.7 Å². The zero-order valence-electron chi connectivity index (χ0n) is 9.74. The fraction of sp³-hybridized carbons (Fsp3) is 0.833. The Kier molecular flexibility index (Phi) is 3.15. The Morgan fingerprint density at radius 2 is 2.50 bits per heavy atom. The summed E-state index contributed by atoms with van der Waals surface area (Å²) in [5.74, 6) is 0.558. The van der Waals surface area contributed by atoms with Gasteiger partial charge in [0.1, 0.15) is 6.42 Å². The molecule has 1 aliphatic heterocycles. The maximum absolute atomic E-state index is 11.7. The maximum atomic E-state index is 11.7. The second-order valence-corrected chi connectivity index (χ2v) is 4.99. The third-order valence-corrected chi connectivity index (χ3v) is 4.05. The number of carbonyl (C=O) groups excluding carboxylic acids is 1. The monoisotopic (exact) mass is 222 g/mol. The minimum Gasteiger partial charge on any atom is -0.384 e. The van der Waals surface area contributed by atoms with E-state index >= 15 is 0 Å². The van der Waals surface area contributed by atoms with Crippen LogP contribution in [0.15, 0.2) is 0 Å². The number of nitrogens with zero attached hydrogens (tertiary/aromatic N) is 2. The number of likely N-dealkylation sites (tertiary alicyclic amines) is 1. The van der Waals surface area contributed by atoms with Crippen molar-refractivity contribution in [3.63, 3.8) is 0 Å². The Morgan fingerprint density at radius 3 is 3.19 bits per heavy atom. The van der Waals surface area contributed by atoms with E-state index in [0.717, 1.165) is 26.1 Å². The Balaban J connectivity index is 2.05. The van der Waals surface area contributed by atoms with E-state index in [0.29, 0.717) is 5.92 Å². The van der Waals surface area contributed by atoms with Crippen LogP contribution in [0, 0.1) is 22.7 Å². The van der Waals surface area contributed by atoms with Crippen LogP contribution in [0.3, 0.4) is 0 Å². The Labute approximate surface area is 96.2 Å². The first-order chi connectivity index (χ1) is 7.72. The summed E-state index contributed by atoms with van der Waals surface area (Å²) in [5, 5.41) is 8.55. The van der Waals surface area contributed by atoms with Crippen molar-refractivity contribution in [1.82, 2.24) is 4.90 Å². The van der Waals surface area contributed by atoms with Crippen molar-refractivity contribution in [2.75, 3.05) is 26.8 Å². The molecule has 0 bridgehead atoms. The molecule has 1 amide bonds. The number of hydrogen-bond acceptors (Lipinski definition) is 3. The summed E-state index contributed by atoms with van der Waals surface area (Å²) >= 11 is 0. The van der Waals surface area contributed by atoms with Gasteiger partial charge in [-0.05, 0) is 18.8 Å². The van der Waals surface area contributed by atoms with Gasteiger partial charge in [-0.3, -0.25) is 4.79 Å². The highest BCUT2D eigenvalue weighted by atomic mass is 16.5. The van der Waals surface area contributed by atoms with Crippen LogP contribution in [-0.4, -0.2) is 37.6 Å². The van der Waals surface area contributed by atoms with Crippen molar-refractivity contribution in [3.8, 4) is 6.07 Å². The Hall–Kier alpha value is -1.08. The maximum Gasteiger partial charge on any atom is 0.236 e. The summed E-state index contributed by atoms with van der Waals surface area (Å²) in [4.78, 5) is 13.5. The van der Waals surface area contributed by atoms with Gasteiger partial charge in [-0.15, -0.1) is 0 Å². The number of fused-ring (bicyclic) bond motifs is 1. The molecule has 0 spiro atoms. The predicted molar refractivity (Wildman–Crippen MR) is 58.5 cm³/mol. The third kappa shape index (κ3) is 1.80. The fourth-order valence-electron chi connectivity index (χ4n) is 3.31.